The highest BCUT2D eigenvalue weighted by Gasteiger charge is 2.03. The molecule has 3 nitrogen and oxygen atoms in total. The van der Waals surface area contributed by atoms with Crippen LogP contribution in [0.5, 0.6) is 0 Å². The van der Waals surface area contributed by atoms with Crippen molar-refractivity contribution in [2.75, 3.05) is 6.61 Å². The lowest BCUT2D eigenvalue weighted by Gasteiger charge is -2.10. The molecule has 1 unspecified atom stereocenters. The maximum Gasteiger partial charge on any atom is 0.243 e. The monoisotopic (exact) mass is 187 g/mol. The summed E-state index contributed by atoms with van der Waals surface area (Å²) in [4.78, 5) is 10.4. The number of rotatable bonds is 8. The molecule has 0 rings (SSSR count). The second kappa shape index (κ2) is 8.05. The third kappa shape index (κ3) is 9.34. The summed E-state index contributed by atoms with van der Waals surface area (Å²) in [6.07, 6.45) is 6.13. The first-order chi connectivity index (χ1) is 6.16. The molecule has 0 aromatic heterocycles. The zero-order chi connectivity index (χ0) is 10.1. The van der Waals surface area contributed by atoms with Crippen molar-refractivity contribution in [3.05, 3.63) is 0 Å². The van der Waals surface area contributed by atoms with E-state index < -0.39 is 0 Å². The first-order valence-electron chi connectivity index (χ1n) is 5.06. The summed E-state index contributed by atoms with van der Waals surface area (Å²) in [6, 6.07) is 0. The van der Waals surface area contributed by atoms with Gasteiger partial charge < -0.3 is 10.5 Å². The number of hydrogen-bond acceptors (Lipinski definition) is 2. The summed E-state index contributed by atoms with van der Waals surface area (Å²) in [7, 11) is 0. The number of hydrogen-bond donors (Lipinski definition) is 1. The second-order valence-electron chi connectivity index (χ2n) is 3.44. The number of amides is 1. The summed E-state index contributed by atoms with van der Waals surface area (Å²) in [5.74, 6) is -0.389. The van der Waals surface area contributed by atoms with E-state index in [9.17, 15) is 4.79 Å². The largest absolute Gasteiger partial charge is 0.369 e. The maximum atomic E-state index is 10.4. The molecule has 78 valence electrons. The van der Waals surface area contributed by atoms with Crippen LogP contribution in [-0.4, -0.2) is 18.6 Å². The van der Waals surface area contributed by atoms with Crippen molar-refractivity contribution < 1.29 is 9.53 Å². The molecule has 0 aromatic rings. The Morgan fingerprint density at radius 2 is 2.08 bits per heavy atom. The van der Waals surface area contributed by atoms with Crippen LogP contribution in [0.1, 0.15) is 46.0 Å². The summed E-state index contributed by atoms with van der Waals surface area (Å²) in [5.41, 5.74) is 4.95. The Hall–Kier alpha value is -0.570. The van der Waals surface area contributed by atoms with E-state index in [1.54, 1.807) is 0 Å². The van der Waals surface area contributed by atoms with E-state index in [1.807, 2.05) is 6.92 Å². The minimum Gasteiger partial charge on any atom is -0.369 e. The zero-order valence-corrected chi connectivity index (χ0v) is 8.71. The van der Waals surface area contributed by atoms with Crippen LogP contribution in [0.3, 0.4) is 0 Å². The average Bonchev–Trinajstić information content (AvgIpc) is 2.09. The molecule has 0 spiro atoms. The molecule has 1 atom stereocenters. The lowest BCUT2D eigenvalue weighted by Crippen LogP contribution is -2.21. The predicted molar refractivity (Wildman–Crippen MR) is 53.4 cm³/mol. The highest BCUT2D eigenvalue weighted by atomic mass is 16.5. The molecule has 13 heavy (non-hydrogen) atoms. The molecule has 0 fully saturated rings. The summed E-state index contributed by atoms with van der Waals surface area (Å²) < 4.78 is 5.21. The van der Waals surface area contributed by atoms with Gasteiger partial charge in [0.1, 0.15) is 6.61 Å². The molecule has 0 saturated heterocycles. The first kappa shape index (κ1) is 12.4. The van der Waals surface area contributed by atoms with Gasteiger partial charge in [0.25, 0.3) is 0 Å². The Balaban J connectivity index is 3.19. The van der Waals surface area contributed by atoms with Gasteiger partial charge in [-0.3, -0.25) is 4.79 Å². The lowest BCUT2D eigenvalue weighted by molar-refractivity contribution is -0.124. The van der Waals surface area contributed by atoms with Crippen molar-refractivity contribution in [2.45, 2.75) is 52.1 Å². The van der Waals surface area contributed by atoms with Gasteiger partial charge in [0.15, 0.2) is 0 Å². The van der Waals surface area contributed by atoms with Crippen LogP contribution in [0.2, 0.25) is 0 Å². The van der Waals surface area contributed by atoms with Crippen molar-refractivity contribution in [3.63, 3.8) is 0 Å². The van der Waals surface area contributed by atoms with E-state index in [0.29, 0.717) is 0 Å². The van der Waals surface area contributed by atoms with Crippen LogP contribution in [0.25, 0.3) is 0 Å². The van der Waals surface area contributed by atoms with Crippen LogP contribution in [0.15, 0.2) is 0 Å². The van der Waals surface area contributed by atoms with E-state index in [0.717, 1.165) is 6.42 Å². The Morgan fingerprint density at radius 1 is 1.38 bits per heavy atom. The number of carbonyl (C=O) groups is 1. The molecular formula is C10H21NO2. The van der Waals surface area contributed by atoms with E-state index in [-0.39, 0.29) is 18.6 Å². The predicted octanol–water partition coefficient (Wildman–Crippen LogP) is 1.85. The molecule has 0 aromatic carbocycles. The average molecular weight is 187 g/mol. The van der Waals surface area contributed by atoms with Crippen molar-refractivity contribution in [2.24, 2.45) is 5.73 Å². The van der Waals surface area contributed by atoms with Gasteiger partial charge in [0.2, 0.25) is 5.91 Å². The fourth-order valence-corrected chi connectivity index (χ4v) is 1.17. The van der Waals surface area contributed by atoms with Gasteiger partial charge in [-0.25, -0.2) is 0 Å². The normalized spacial score (nSPS) is 12.8. The van der Waals surface area contributed by atoms with Crippen molar-refractivity contribution in [1.29, 1.82) is 0 Å². The minimum absolute atomic E-state index is 0.0505. The van der Waals surface area contributed by atoms with E-state index in [1.165, 1.54) is 25.7 Å². The SMILES string of the molecule is CCCCCCC(C)OCC(N)=O. The topological polar surface area (TPSA) is 52.3 Å². The molecule has 3 heteroatoms. The fraction of sp³-hybridized carbons (Fsp3) is 0.900. The molecule has 0 aliphatic carbocycles. The Kier molecular flexibility index (Phi) is 7.69. The summed E-state index contributed by atoms with van der Waals surface area (Å²) in [6.45, 7) is 4.22. The minimum atomic E-state index is -0.389. The van der Waals surface area contributed by atoms with Crippen molar-refractivity contribution >= 4 is 5.91 Å². The highest BCUT2D eigenvalue weighted by Crippen LogP contribution is 2.07. The Bertz CT molecular complexity index is 137. The molecule has 0 radical (unpaired) electrons. The third-order valence-corrected chi connectivity index (χ3v) is 1.97. The number of ether oxygens (including phenoxy) is 1. The lowest BCUT2D eigenvalue weighted by atomic mass is 10.1. The van der Waals surface area contributed by atoms with Gasteiger partial charge in [-0.15, -0.1) is 0 Å². The molecule has 0 bridgehead atoms. The highest BCUT2D eigenvalue weighted by molar-refractivity contribution is 5.74. The van der Waals surface area contributed by atoms with Gasteiger partial charge in [-0.1, -0.05) is 32.6 Å². The summed E-state index contributed by atoms with van der Waals surface area (Å²) >= 11 is 0. The molecule has 0 saturated carbocycles. The second-order valence-corrected chi connectivity index (χ2v) is 3.44. The van der Waals surface area contributed by atoms with E-state index >= 15 is 0 Å². The van der Waals surface area contributed by atoms with Crippen LogP contribution >= 0.6 is 0 Å². The maximum absolute atomic E-state index is 10.4. The summed E-state index contributed by atoms with van der Waals surface area (Å²) in [5, 5.41) is 0. The number of primary amides is 1. The smallest absolute Gasteiger partial charge is 0.243 e. The Morgan fingerprint density at radius 3 is 2.62 bits per heavy atom. The fourth-order valence-electron chi connectivity index (χ4n) is 1.17. The van der Waals surface area contributed by atoms with Gasteiger partial charge in [0, 0.05) is 0 Å². The standard InChI is InChI=1S/C10H21NO2/c1-3-4-5-6-7-9(2)13-8-10(11)12/h9H,3-8H2,1-2H3,(H2,11,12). The number of unbranched alkanes of at least 4 members (excludes halogenated alkanes) is 3. The molecule has 0 aliphatic heterocycles. The Labute approximate surface area is 80.6 Å². The quantitative estimate of drug-likeness (QED) is 0.589. The number of nitrogens with two attached hydrogens (primary N) is 1. The van der Waals surface area contributed by atoms with Crippen molar-refractivity contribution in [1.82, 2.24) is 0 Å². The first-order valence-corrected chi connectivity index (χ1v) is 5.06. The molecule has 0 heterocycles. The van der Waals surface area contributed by atoms with E-state index in [4.69, 9.17) is 10.5 Å². The van der Waals surface area contributed by atoms with Gasteiger partial charge in [0.05, 0.1) is 6.10 Å². The van der Waals surface area contributed by atoms with Gasteiger partial charge in [-0.05, 0) is 13.3 Å². The number of carbonyl (C=O) groups excluding carboxylic acids is 1. The van der Waals surface area contributed by atoms with Crippen LogP contribution in [-0.2, 0) is 9.53 Å². The molecule has 1 amide bonds. The third-order valence-electron chi connectivity index (χ3n) is 1.97. The van der Waals surface area contributed by atoms with Crippen molar-refractivity contribution in [3.8, 4) is 0 Å². The van der Waals surface area contributed by atoms with E-state index in [2.05, 4.69) is 6.92 Å². The van der Waals surface area contributed by atoms with Crippen LogP contribution < -0.4 is 5.73 Å². The van der Waals surface area contributed by atoms with Crippen LogP contribution in [0, 0.1) is 0 Å². The van der Waals surface area contributed by atoms with Gasteiger partial charge >= 0.3 is 0 Å². The molecule has 0 aliphatic rings. The zero-order valence-electron chi connectivity index (χ0n) is 8.71. The van der Waals surface area contributed by atoms with Gasteiger partial charge in [-0.2, -0.15) is 0 Å². The molecule has 2 N–H and O–H groups in total. The molecular weight excluding hydrogens is 166 g/mol. The van der Waals surface area contributed by atoms with Crippen LogP contribution in [0.4, 0.5) is 0 Å².